The molecule has 5 rings (SSSR count). The lowest BCUT2D eigenvalue weighted by molar-refractivity contribution is -0.141. The van der Waals surface area contributed by atoms with Gasteiger partial charge in [-0.1, -0.05) is 6.92 Å². The Morgan fingerprint density at radius 3 is 2.36 bits per heavy atom. The smallest absolute Gasteiger partial charge is 0.369 e. The maximum Gasteiger partial charge on any atom is 0.433 e. The van der Waals surface area contributed by atoms with Gasteiger partial charge >= 0.3 is 6.18 Å². The average Bonchev–Trinajstić information content (AvgIpc) is 3.19. The normalized spacial score (nSPS) is 22.1. The molecule has 2 aliphatic rings. The van der Waals surface area contributed by atoms with Crippen LogP contribution in [0.1, 0.15) is 19.0 Å². The second-order valence-electron chi connectivity index (χ2n) is 9.60. The number of rotatable bonds is 4. The van der Waals surface area contributed by atoms with E-state index in [0.29, 0.717) is 48.8 Å². The van der Waals surface area contributed by atoms with E-state index in [-0.39, 0.29) is 11.3 Å². The van der Waals surface area contributed by atoms with Gasteiger partial charge in [0.2, 0.25) is 0 Å². The molecule has 0 aliphatic carbocycles. The molecule has 0 radical (unpaired) electrons. The van der Waals surface area contributed by atoms with Gasteiger partial charge in [-0.2, -0.15) is 30.0 Å². The largest absolute Gasteiger partial charge is 0.433 e. The van der Waals surface area contributed by atoms with E-state index in [1.807, 2.05) is 12.5 Å². The molecule has 5 heterocycles. The molecule has 3 aromatic heterocycles. The third-order valence-electron chi connectivity index (χ3n) is 6.25. The molecule has 0 saturated carbocycles. The number of aromatic nitrogens is 5. The van der Waals surface area contributed by atoms with Crippen molar-refractivity contribution in [2.75, 3.05) is 48.5 Å². The van der Waals surface area contributed by atoms with Gasteiger partial charge in [0.05, 0.1) is 24.3 Å². The zero-order chi connectivity index (χ0) is 26.1. The van der Waals surface area contributed by atoms with Gasteiger partial charge in [-0.3, -0.25) is 0 Å². The number of alkyl halides is 5. The van der Waals surface area contributed by atoms with Crippen molar-refractivity contribution in [1.82, 2.24) is 24.7 Å². The van der Waals surface area contributed by atoms with Gasteiger partial charge in [0.1, 0.15) is 23.6 Å². The molecule has 2 unspecified atom stereocenters. The van der Waals surface area contributed by atoms with Crippen LogP contribution in [0.25, 0.3) is 11.2 Å². The van der Waals surface area contributed by atoms with Crippen LogP contribution in [0.15, 0.2) is 30.7 Å². The van der Waals surface area contributed by atoms with Crippen LogP contribution < -0.4 is 9.80 Å². The van der Waals surface area contributed by atoms with Crippen LogP contribution >= 0.6 is 11.8 Å². The molecule has 3 aromatic rings. The Kier molecular flexibility index (Phi) is 7.58. The molecule has 0 spiro atoms. The van der Waals surface area contributed by atoms with E-state index in [9.17, 15) is 22.0 Å². The third kappa shape index (κ3) is 5.81. The van der Waals surface area contributed by atoms with Gasteiger partial charge < -0.3 is 9.80 Å². The molecule has 13 heteroatoms. The number of piperidine rings is 2. The van der Waals surface area contributed by atoms with Crippen molar-refractivity contribution in [2.45, 2.75) is 32.5 Å². The molecule has 0 N–H and O–H groups in total. The monoisotopic (exact) mass is 529 g/mol. The van der Waals surface area contributed by atoms with Gasteiger partial charge in [0, 0.05) is 31.6 Å². The van der Waals surface area contributed by atoms with Crippen molar-refractivity contribution in [2.24, 2.45) is 11.3 Å². The summed E-state index contributed by atoms with van der Waals surface area (Å²) in [6.07, 6.45) is 2.41. The fourth-order valence-corrected chi connectivity index (χ4v) is 5.11. The Morgan fingerprint density at radius 1 is 1.06 bits per heavy atom. The van der Waals surface area contributed by atoms with Crippen molar-refractivity contribution in [3.8, 4) is 0 Å². The highest BCUT2D eigenvalue weighted by Crippen LogP contribution is 2.41. The van der Waals surface area contributed by atoms with E-state index < -0.39 is 24.8 Å². The van der Waals surface area contributed by atoms with Crippen LogP contribution in [0.3, 0.4) is 0 Å². The van der Waals surface area contributed by atoms with E-state index >= 15 is 0 Å². The second-order valence-corrected chi connectivity index (χ2v) is 10.4. The number of anilines is 2. The molecule has 2 aliphatic heterocycles. The topological polar surface area (TPSA) is 63.0 Å². The standard InChI is InChI=1S/C21H22F5N7.C2H6S/c1-20-4-13(8-31(11-20)14-2-3-16(28-5-14)21(24,25)26)9-32(12-20)18-7-27-15-6-29-33(10-17(22)23)19(15)30-18;1-3-2/h2-3,5-7,13,17H,4,8-12H2,1H3;1-2H3. The lowest BCUT2D eigenvalue weighted by atomic mass is 9.73. The van der Waals surface area contributed by atoms with Crippen LogP contribution in [-0.2, 0) is 12.7 Å². The van der Waals surface area contributed by atoms with Crippen molar-refractivity contribution >= 4 is 34.4 Å². The third-order valence-corrected chi connectivity index (χ3v) is 6.25. The first-order chi connectivity index (χ1) is 17.0. The fourth-order valence-electron chi connectivity index (χ4n) is 5.11. The van der Waals surface area contributed by atoms with E-state index in [4.69, 9.17) is 0 Å². The van der Waals surface area contributed by atoms with Gasteiger partial charge in [-0.05, 0) is 37.0 Å². The van der Waals surface area contributed by atoms with Crippen LogP contribution in [0.5, 0.6) is 0 Å². The van der Waals surface area contributed by atoms with E-state index in [0.717, 1.165) is 12.5 Å². The second kappa shape index (κ2) is 10.3. The maximum atomic E-state index is 12.9. The van der Waals surface area contributed by atoms with Crippen LogP contribution in [0.2, 0.25) is 0 Å². The summed E-state index contributed by atoms with van der Waals surface area (Å²) in [5.74, 6) is 0.863. The predicted molar refractivity (Wildman–Crippen MR) is 131 cm³/mol. The summed E-state index contributed by atoms with van der Waals surface area (Å²) in [6.45, 7) is 4.28. The van der Waals surface area contributed by atoms with Crippen LogP contribution in [0, 0.1) is 11.3 Å². The minimum absolute atomic E-state index is 0.135. The zero-order valence-electron chi connectivity index (χ0n) is 20.2. The number of nitrogens with zero attached hydrogens (tertiary/aromatic N) is 7. The number of halogens is 5. The molecule has 196 valence electrons. The zero-order valence-corrected chi connectivity index (χ0v) is 21.0. The fraction of sp³-hybridized carbons (Fsp3) is 0.565. The van der Waals surface area contributed by atoms with Gasteiger partial charge in [0.15, 0.2) is 5.65 Å². The molecule has 2 atom stereocenters. The molecule has 7 nitrogen and oxygen atoms in total. The summed E-state index contributed by atoms with van der Waals surface area (Å²) >= 11 is 1.75. The van der Waals surface area contributed by atoms with Crippen molar-refractivity contribution in [1.29, 1.82) is 0 Å². The van der Waals surface area contributed by atoms with Gasteiger partial charge in [-0.25, -0.2) is 28.4 Å². The quantitative estimate of drug-likeness (QED) is 0.449. The Bertz CT molecular complexity index is 1170. The Balaban J connectivity index is 0.000000967. The SMILES string of the molecule is CC12CC(CN(c3ccc(C(F)(F)F)nc3)C1)CN(c1cnc3cnn(CC(F)F)c3n1)C2.CSC. The Morgan fingerprint density at radius 2 is 1.75 bits per heavy atom. The minimum atomic E-state index is -4.46. The van der Waals surface area contributed by atoms with Crippen LogP contribution in [-0.4, -0.2) is 69.8 Å². The summed E-state index contributed by atoms with van der Waals surface area (Å²) in [5.41, 5.74) is 0.421. The highest BCUT2D eigenvalue weighted by molar-refractivity contribution is 7.97. The van der Waals surface area contributed by atoms with Crippen molar-refractivity contribution < 1.29 is 22.0 Å². The lowest BCUT2D eigenvalue weighted by Gasteiger charge is -2.52. The van der Waals surface area contributed by atoms with Crippen molar-refractivity contribution in [3.63, 3.8) is 0 Å². The lowest BCUT2D eigenvalue weighted by Crippen LogP contribution is -2.58. The first kappa shape index (κ1) is 26.4. The number of hydrogen-bond acceptors (Lipinski definition) is 7. The summed E-state index contributed by atoms with van der Waals surface area (Å²) in [5, 5.41) is 3.97. The van der Waals surface area contributed by atoms with Gasteiger partial charge in [-0.15, -0.1) is 0 Å². The Hall–Kier alpha value is -2.70. The molecule has 2 bridgehead atoms. The molecule has 0 aromatic carbocycles. The molecule has 0 amide bonds. The first-order valence-corrected chi connectivity index (χ1v) is 13.0. The predicted octanol–water partition coefficient (Wildman–Crippen LogP) is 4.84. The van der Waals surface area contributed by atoms with E-state index in [1.54, 1.807) is 18.0 Å². The van der Waals surface area contributed by atoms with E-state index in [2.05, 4.69) is 36.8 Å². The number of thioether (sulfide) groups is 1. The molecule has 2 fully saturated rings. The first-order valence-electron chi connectivity index (χ1n) is 11.4. The van der Waals surface area contributed by atoms with Crippen LogP contribution in [0.4, 0.5) is 33.5 Å². The van der Waals surface area contributed by atoms with Crippen molar-refractivity contribution in [3.05, 3.63) is 36.4 Å². The Labute approximate surface area is 210 Å². The molecular weight excluding hydrogens is 501 g/mol. The highest BCUT2D eigenvalue weighted by Gasteiger charge is 2.43. The van der Waals surface area contributed by atoms with Gasteiger partial charge in [0.25, 0.3) is 6.43 Å². The molecular formula is C23H28F5N7S. The maximum absolute atomic E-state index is 12.9. The average molecular weight is 530 g/mol. The number of fused-ring (bicyclic) bond motifs is 3. The number of pyridine rings is 1. The summed E-state index contributed by atoms with van der Waals surface area (Å²) < 4.78 is 65.4. The summed E-state index contributed by atoms with van der Waals surface area (Å²) in [4.78, 5) is 16.7. The number of hydrogen-bond donors (Lipinski definition) is 0. The highest BCUT2D eigenvalue weighted by atomic mass is 32.2. The summed E-state index contributed by atoms with van der Waals surface area (Å²) in [6, 6.07) is 2.49. The molecule has 36 heavy (non-hydrogen) atoms. The molecule has 2 saturated heterocycles. The summed E-state index contributed by atoms with van der Waals surface area (Å²) in [7, 11) is 0. The van der Waals surface area contributed by atoms with E-state index in [1.165, 1.54) is 23.1 Å². The minimum Gasteiger partial charge on any atom is -0.369 e.